The number of hydrogen-bond donors (Lipinski definition) is 2. The van der Waals surface area contributed by atoms with Crippen molar-refractivity contribution in [2.24, 2.45) is 7.05 Å². The Kier molecular flexibility index (Phi) is 2.75. The van der Waals surface area contributed by atoms with Gasteiger partial charge in [-0.1, -0.05) is 0 Å². The summed E-state index contributed by atoms with van der Waals surface area (Å²) in [7, 11) is 1.84. The number of nitrogens with two attached hydrogens (primary N) is 1. The molecule has 0 saturated heterocycles. The van der Waals surface area contributed by atoms with Crippen molar-refractivity contribution in [1.82, 2.24) is 9.78 Å². The van der Waals surface area contributed by atoms with Gasteiger partial charge < -0.3 is 11.1 Å². The van der Waals surface area contributed by atoms with Crippen LogP contribution in [0, 0.1) is 19.7 Å². The minimum atomic E-state index is -0.295. The highest BCUT2D eigenvalue weighted by Gasteiger charge is 2.08. The first-order valence-electron chi connectivity index (χ1n) is 5.30. The van der Waals surface area contributed by atoms with E-state index in [1.54, 1.807) is 17.7 Å². The number of anilines is 3. The van der Waals surface area contributed by atoms with Crippen LogP contribution in [0.15, 0.2) is 18.3 Å². The van der Waals surface area contributed by atoms with E-state index in [9.17, 15) is 4.39 Å². The van der Waals surface area contributed by atoms with Crippen LogP contribution in [-0.2, 0) is 7.05 Å². The molecule has 0 unspecified atom stereocenters. The molecule has 0 aliphatic heterocycles. The highest BCUT2D eigenvalue weighted by molar-refractivity contribution is 5.73. The Morgan fingerprint density at radius 3 is 2.59 bits per heavy atom. The van der Waals surface area contributed by atoms with Crippen molar-refractivity contribution < 1.29 is 4.39 Å². The van der Waals surface area contributed by atoms with E-state index in [1.807, 2.05) is 20.2 Å². The zero-order valence-electron chi connectivity index (χ0n) is 10.1. The van der Waals surface area contributed by atoms with Crippen LogP contribution in [0.1, 0.15) is 11.3 Å². The summed E-state index contributed by atoms with van der Waals surface area (Å²) < 4.78 is 15.0. The lowest BCUT2D eigenvalue weighted by Gasteiger charge is -2.09. The fraction of sp³-hybridized carbons (Fsp3) is 0.250. The summed E-state index contributed by atoms with van der Waals surface area (Å²) in [6.07, 6.45) is 1.85. The van der Waals surface area contributed by atoms with Gasteiger partial charge in [-0.15, -0.1) is 0 Å². The first-order valence-corrected chi connectivity index (χ1v) is 5.30. The number of nitrogen functional groups attached to an aromatic ring is 1. The van der Waals surface area contributed by atoms with E-state index in [0.29, 0.717) is 16.9 Å². The normalized spacial score (nSPS) is 10.6. The molecule has 0 atom stereocenters. The van der Waals surface area contributed by atoms with Crippen molar-refractivity contribution in [2.45, 2.75) is 13.8 Å². The molecule has 1 heterocycles. The third-order valence-electron chi connectivity index (χ3n) is 2.61. The number of aryl methyl sites for hydroxylation is 3. The summed E-state index contributed by atoms with van der Waals surface area (Å²) >= 11 is 0. The summed E-state index contributed by atoms with van der Waals surface area (Å²) in [5.41, 5.74) is 9.14. The SMILES string of the molecule is Cc1cc(Nc2cn(C)nc2C)c(N)cc1F. The van der Waals surface area contributed by atoms with Crippen molar-refractivity contribution in [1.29, 1.82) is 0 Å². The average Bonchev–Trinajstić information content (AvgIpc) is 2.54. The standard InChI is InChI=1S/C12H15FN4/c1-7-4-11(10(14)5-9(7)13)15-12-6-17(3)16-8(12)2/h4-6,15H,14H2,1-3H3. The van der Waals surface area contributed by atoms with Crippen LogP contribution in [0.4, 0.5) is 21.5 Å². The molecule has 90 valence electrons. The quantitative estimate of drug-likeness (QED) is 0.785. The molecule has 1 aromatic heterocycles. The molecular weight excluding hydrogens is 219 g/mol. The van der Waals surface area contributed by atoms with E-state index >= 15 is 0 Å². The topological polar surface area (TPSA) is 55.9 Å². The van der Waals surface area contributed by atoms with E-state index in [-0.39, 0.29) is 5.82 Å². The fourth-order valence-electron chi connectivity index (χ4n) is 1.67. The molecule has 0 aliphatic carbocycles. The highest BCUT2D eigenvalue weighted by Crippen LogP contribution is 2.27. The summed E-state index contributed by atoms with van der Waals surface area (Å²) in [6.45, 7) is 3.60. The number of halogens is 1. The lowest BCUT2D eigenvalue weighted by Crippen LogP contribution is -1.99. The maximum Gasteiger partial charge on any atom is 0.128 e. The summed E-state index contributed by atoms with van der Waals surface area (Å²) in [5.74, 6) is -0.295. The zero-order valence-corrected chi connectivity index (χ0v) is 10.1. The Balaban J connectivity index is 2.36. The summed E-state index contributed by atoms with van der Waals surface area (Å²) in [6, 6.07) is 3.01. The molecule has 5 heteroatoms. The van der Waals surface area contributed by atoms with Gasteiger partial charge in [0.05, 0.1) is 22.8 Å². The molecule has 0 radical (unpaired) electrons. The molecule has 0 spiro atoms. The van der Waals surface area contributed by atoms with Crippen molar-refractivity contribution in [3.63, 3.8) is 0 Å². The Morgan fingerprint density at radius 2 is 2.00 bits per heavy atom. The van der Waals surface area contributed by atoms with Crippen LogP contribution in [0.3, 0.4) is 0 Å². The average molecular weight is 234 g/mol. The minimum absolute atomic E-state index is 0.295. The van der Waals surface area contributed by atoms with Crippen LogP contribution in [0.2, 0.25) is 0 Å². The molecule has 0 bridgehead atoms. The van der Waals surface area contributed by atoms with E-state index in [1.165, 1.54) is 6.07 Å². The predicted molar refractivity (Wildman–Crippen MR) is 66.8 cm³/mol. The molecule has 1 aromatic carbocycles. The second-order valence-electron chi connectivity index (χ2n) is 4.12. The highest BCUT2D eigenvalue weighted by atomic mass is 19.1. The lowest BCUT2D eigenvalue weighted by molar-refractivity contribution is 0.619. The molecule has 0 amide bonds. The number of rotatable bonds is 2. The van der Waals surface area contributed by atoms with Gasteiger partial charge >= 0.3 is 0 Å². The molecule has 0 saturated carbocycles. The number of hydrogen-bond acceptors (Lipinski definition) is 3. The Morgan fingerprint density at radius 1 is 1.29 bits per heavy atom. The van der Waals surface area contributed by atoms with Crippen LogP contribution in [0.5, 0.6) is 0 Å². The number of aromatic nitrogens is 2. The first-order chi connectivity index (χ1) is 7.97. The third kappa shape index (κ3) is 2.22. The van der Waals surface area contributed by atoms with Gasteiger partial charge in [0, 0.05) is 13.2 Å². The Labute approximate surface area is 99.2 Å². The van der Waals surface area contributed by atoms with E-state index in [2.05, 4.69) is 10.4 Å². The van der Waals surface area contributed by atoms with Crippen molar-refractivity contribution in [2.75, 3.05) is 11.1 Å². The van der Waals surface area contributed by atoms with Crippen molar-refractivity contribution in [3.05, 3.63) is 35.4 Å². The van der Waals surface area contributed by atoms with Crippen LogP contribution >= 0.6 is 0 Å². The van der Waals surface area contributed by atoms with E-state index in [4.69, 9.17) is 5.73 Å². The minimum Gasteiger partial charge on any atom is -0.397 e. The van der Waals surface area contributed by atoms with Crippen LogP contribution < -0.4 is 11.1 Å². The molecule has 17 heavy (non-hydrogen) atoms. The van der Waals surface area contributed by atoms with E-state index < -0.39 is 0 Å². The molecule has 4 nitrogen and oxygen atoms in total. The summed E-state index contributed by atoms with van der Waals surface area (Å²) in [4.78, 5) is 0. The van der Waals surface area contributed by atoms with Gasteiger partial charge in [0.15, 0.2) is 0 Å². The largest absolute Gasteiger partial charge is 0.397 e. The number of nitrogens with one attached hydrogen (secondary N) is 1. The molecule has 0 aliphatic rings. The predicted octanol–water partition coefficient (Wildman–Crippen LogP) is 2.50. The molecule has 0 fully saturated rings. The molecule has 2 aromatic rings. The van der Waals surface area contributed by atoms with Gasteiger partial charge in [0.1, 0.15) is 5.82 Å². The van der Waals surface area contributed by atoms with Gasteiger partial charge in [-0.2, -0.15) is 5.10 Å². The maximum atomic E-state index is 13.3. The van der Waals surface area contributed by atoms with Crippen LogP contribution in [0.25, 0.3) is 0 Å². The Bertz CT molecular complexity index is 560. The second kappa shape index (κ2) is 4.08. The van der Waals surface area contributed by atoms with Gasteiger partial charge in [0.25, 0.3) is 0 Å². The Hall–Kier alpha value is -2.04. The molecule has 3 N–H and O–H groups in total. The van der Waals surface area contributed by atoms with Gasteiger partial charge in [-0.05, 0) is 31.5 Å². The number of nitrogens with zero attached hydrogens (tertiary/aromatic N) is 2. The molecular formula is C12H15FN4. The number of benzene rings is 1. The fourth-order valence-corrected chi connectivity index (χ4v) is 1.67. The van der Waals surface area contributed by atoms with Crippen molar-refractivity contribution >= 4 is 17.1 Å². The lowest BCUT2D eigenvalue weighted by atomic mass is 10.1. The second-order valence-corrected chi connectivity index (χ2v) is 4.12. The monoisotopic (exact) mass is 234 g/mol. The summed E-state index contributed by atoms with van der Waals surface area (Å²) in [5, 5.41) is 7.37. The smallest absolute Gasteiger partial charge is 0.128 e. The van der Waals surface area contributed by atoms with Gasteiger partial charge in [-0.25, -0.2) is 4.39 Å². The van der Waals surface area contributed by atoms with Crippen LogP contribution in [-0.4, -0.2) is 9.78 Å². The van der Waals surface area contributed by atoms with Gasteiger partial charge in [-0.3, -0.25) is 4.68 Å². The first kappa shape index (κ1) is 11.4. The van der Waals surface area contributed by atoms with Gasteiger partial charge in [0.2, 0.25) is 0 Å². The zero-order chi connectivity index (χ0) is 12.6. The van der Waals surface area contributed by atoms with E-state index in [0.717, 1.165) is 11.4 Å². The maximum absolute atomic E-state index is 13.3. The molecule has 2 rings (SSSR count). The third-order valence-corrected chi connectivity index (χ3v) is 2.61. The van der Waals surface area contributed by atoms with Crippen molar-refractivity contribution in [3.8, 4) is 0 Å².